The topological polar surface area (TPSA) is 51.9 Å². The number of nitrogens with zero attached hydrogens (tertiary/aromatic N) is 4. The molecule has 0 saturated carbocycles. The quantitative estimate of drug-likeness (QED) is 0.645. The smallest absolute Gasteiger partial charge is 0.180 e. The molecule has 2 aromatic rings. The average Bonchev–Trinajstić information content (AvgIpc) is 2.93. The van der Waals surface area contributed by atoms with E-state index in [0.717, 1.165) is 29.2 Å². The minimum Gasteiger partial charge on any atom is -0.380 e. The fraction of sp³-hybridized carbons (Fsp3) is 0.571. The number of anilines is 1. The molecule has 0 spiro atoms. The molecule has 0 fully saturated rings. The van der Waals surface area contributed by atoms with Gasteiger partial charge in [-0.2, -0.15) is 0 Å². The van der Waals surface area contributed by atoms with Crippen molar-refractivity contribution in [1.82, 2.24) is 14.4 Å². The Kier molecular flexibility index (Phi) is 6.41. The molecule has 0 bridgehead atoms. The first kappa shape index (κ1) is 16.2. The Bertz CT molecular complexity index is 551. The molecule has 0 aliphatic heterocycles. The highest BCUT2D eigenvalue weighted by Crippen LogP contribution is 2.20. The summed E-state index contributed by atoms with van der Waals surface area (Å²) in [6.45, 7) is 8.24. The lowest BCUT2D eigenvalue weighted by Crippen LogP contribution is -2.32. The molecule has 116 valence electrons. The van der Waals surface area contributed by atoms with Gasteiger partial charge in [0.1, 0.15) is 4.60 Å². The molecule has 0 amide bonds. The van der Waals surface area contributed by atoms with Crippen LogP contribution in [0.5, 0.6) is 0 Å². The Morgan fingerprint density at radius 2 is 1.86 bits per heavy atom. The SMILES string of the molecule is CCOCCN(CCOCC)c1nc(Br)cn2ccnc12. The average molecular weight is 357 g/mol. The van der Waals surface area contributed by atoms with Crippen LogP contribution in [0.25, 0.3) is 5.65 Å². The molecule has 0 unspecified atom stereocenters. The zero-order chi connectivity index (χ0) is 15.1. The van der Waals surface area contributed by atoms with E-state index in [-0.39, 0.29) is 0 Å². The largest absolute Gasteiger partial charge is 0.380 e. The van der Waals surface area contributed by atoms with Gasteiger partial charge in [0.05, 0.1) is 13.2 Å². The Morgan fingerprint density at radius 3 is 2.48 bits per heavy atom. The molecule has 21 heavy (non-hydrogen) atoms. The third kappa shape index (κ3) is 4.39. The number of rotatable bonds is 9. The van der Waals surface area contributed by atoms with Crippen LogP contribution in [-0.2, 0) is 9.47 Å². The standard InChI is InChI=1S/C14H21BrN4O2/c1-3-20-9-7-18(8-10-21-4-2)14-13-16-5-6-19(13)11-12(15)17-14/h5-6,11H,3-4,7-10H2,1-2H3. The molecule has 0 aliphatic carbocycles. The van der Waals surface area contributed by atoms with Crippen LogP contribution >= 0.6 is 15.9 Å². The Balaban J connectivity index is 2.21. The molecule has 0 aromatic carbocycles. The van der Waals surface area contributed by atoms with Crippen molar-refractivity contribution in [3.05, 3.63) is 23.2 Å². The molecule has 2 rings (SSSR count). The zero-order valence-corrected chi connectivity index (χ0v) is 14.0. The molecule has 2 heterocycles. The fourth-order valence-corrected chi connectivity index (χ4v) is 2.45. The molecule has 0 N–H and O–H groups in total. The van der Waals surface area contributed by atoms with Crippen LogP contribution in [0.1, 0.15) is 13.8 Å². The highest BCUT2D eigenvalue weighted by atomic mass is 79.9. The normalized spacial score (nSPS) is 11.2. The molecule has 0 atom stereocenters. The first-order valence-corrected chi connectivity index (χ1v) is 7.95. The summed E-state index contributed by atoms with van der Waals surface area (Å²) in [4.78, 5) is 11.1. The maximum Gasteiger partial charge on any atom is 0.180 e. The van der Waals surface area contributed by atoms with Gasteiger partial charge < -0.3 is 18.8 Å². The zero-order valence-electron chi connectivity index (χ0n) is 12.5. The Hall–Kier alpha value is -1.18. The lowest BCUT2D eigenvalue weighted by molar-refractivity contribution is 0.141. The van der Waals surface area contributed by atoms with Gasteiger partial charge in [0.2, 0.25) is 0 Å². The number of halogens is 1. The third-order valence-electron chi connectivity index (χ3n) is 3.05. The van der Waals surface area contributed by atoms with E-state index in [0.29, 0.717) is 26.4 Å². The van der Waals surface area contributed by atoms with Crippen LogP contribution in [0.2, 0.25) is 0 Å². The lowest BCUT2D eigenvalue weighted by Gasteiger charge is -2.24. The van der Waals surface area contributed by atoms with E-state index in [2.05, 4.69) is 30.8 Å². The van der Waals surface area contributed by atoms with Gasteiger partial charge in [-0.3, -0.25) is 0 Å². The summed E-state index contributed by atoms with van der Waals surface area (Å²) < 4.78 is 13.7. The van der Waals surface area contributed by atoms with E-state index in [1.807, 2.05) is 30.6 Å². The maximum absolute atomic E-state index is 5.47. The second-order valence-electron chi connectivity index (χ2n) is 4.43. The molecule has 0 radical (unpaired) electrons. The first-order chi connectivity index (χ1) is 10.3. The van der Waals surface area contributed by atoms with Gasteiger partial charge in [-0.15, -0.1) is 0 Å². The van der Waals surface area contributed by atoms with Crippen molar-refractivity contribution in [2.45, 2.75) is 13.8 Å². The second kappa shape index (κ2) is 8.31. The number of hydrogen-bond acceptors (Lipinski definition) is 5. The highest BCUT2D eigenvalue weighted by molar-refractivity contribution is 9.10. The molecular weight excluding hydrogens is 336 g/mol. The van der Waals surface area contributed by atoms with Crippen LogP contribution in [0.4, 0.5) is 5.82 Å². The highest BCUT2D eigenvalue weighted by Gasteiger charge is 2.14. The van der Waals surface area contributed by atoms with Gasteiger partial charge in [-0.25, -0.2) is 9.97 Å². The Morgan fingerprint density at radius 1 is 1.19 bits per heavy atom. The van der Waals surface area contributed by atoms with Gasteiger partial charge >= 0.3 is 0 Å². The second-order valence-corrected chi connectivity index (χ2v) is 5.24. The van der Waals surface area contributed by atoms with E-state index in [9.17, 15) is 0 Å². The number of fused-ring (bicyclic) bond motifs is 1. The number of ether oxygens (including phenoxy) is 2. The number of imidazole rings is 1. The predicted molar refractivity (Wildman–Crippen MR) is 85.9 cm³/mol. The molecule has 0 aliphatic rings. The molecular formula is C14H21BrN4O2. The Labute approximate surface area is 133 Å². The van der Waals surface area contributed by atoms with Crippen molar-refractivity contribution in [1.29, 1.82) is 0 Å². The summed E-state index contributed by atoms with van der Waals surface area (Å²) in [5.74, 6) is 0.841. The van der Waals surface area contributed by atoms with Crippen molar-refractivity contribution < 1.29 is 9.47 Å². The molecule has 0 saturated heterocycles. The molecule has 6 nitrogen and oxygen atoms in total. The summed E-state index contributed by atoms with van der Waals surface area (Å²) in [5.41, 5.74) is 0.839. The number of hydrogen-bond donors (Lipinski definition) is 0. The van der Waals surface area contributed by atoms with Gasteiger partial charge in [-0.05, 0) is 29.8 Å². The molecule has 2 aromatic heterocycles. The van der Waals surface area contributed by atoms with Gasteiger partial charge in [0, 0.05) is 44.9 Å². The van der Waals surface area contributed by atoms with Crippen molar-refractivity contribution in [2.75, 3.05) is 44.4 Å². The third-order valence-corrected chi connectivity index (χ3v) is 3.43. The van der Waals surface area contributed by atoms with E-state index in [1.54, 1.807) is 6.20 Å². The molecule has 7 heteroatoms. The summed E-state index contributed by atoms with van der Waals surface area (Å²) in [5, 5.41) is 0. The summed E-state index contributed by atoms with van der Waals surface area (Å²) in [7, 11) is 0. The van der Waals surface area contributed by atoms with Crippen LogP contribution in [-0.4, -0.2) is 53.9 Å². The summed E-state index contributed by atoms with van der Waals surface area (Å²) >= 11 is 3.45. The van der Waals surface area contributed by atoms with Crippen LogP contribution in [0.15, 0.2) is 23.2 Å². The number of aromatic nitrogens is 3. The first-order valence-electron chi connectivity index (χ1n) is 7.15. The summed E-state index contributed by atoms with van der Waals surface area (Å²) in [6.07, 6.45) is 5.58. The van der Waals surface area contributed by atoms with Gasteiger partial charge in [0.25, 0.3) is 0 Å². The fourth-order valence-electron chi connectivity index (χ4n) is 2.06. The van der Waals surface area contributed by atoms with Crippen molar-refractivity contribution in [3.8, 4) is 0 Å². The lowest BCUT2D eigenvalue weighted by atomic mass is 10.4. The van der Waals surface area contributed by atoms with Gasteiger partial charge in [0.15, 0.2) is 11.5 Å². The monoisotopic (exact) mass is 356 g/mol. The minimum atomic E-state index is 0.656. The van der Waals surface area contributed by atoms with Crippen LogP contribution < -0.4 is 4.90 Å². The van der Waals surface area contributed by atoms with Crippen molar-refractivity contribution in [3.63, 3.8) is 0 Å². The van der Waals surface area contributed by atoms with Crippen LogP contribution in [0.3, 0.4) is 0 Å². The van der Waals surface area contributed by atoms with E-state index >= 15 is 0 Å². The van der Waals surface area contributed by atoms with Crippen LogP contribution in [0, 0.1) is 0 Å². The summed E-state index contributed by atoms with van der Waals surface area (Å²) in [6, 6.07) is 0. The van der Waals surface area contributed by atoms with E-state index in [4.69, 9.17) is 9.47 Å². The van der Waals surface area contributed by atoms with E-state index < -0.39 is 0 Å². The van der Waals surface area contributed by atoms with Gasteiger partial charge in [-0.1, -0.05) is 0 Å². The maximum atomic E-state index is 5.47. The van der Waals surface area contributed by atoms with Crippen molar-refractivity contribution in [2.24, 2.45) is 0 Å². The minimum absolute atomic E-state index is 0.656. The van der Waals surface area contributed by atoms with Crippen molar-refractivity contribution >= 4 is 27.4 Å². The predicted octanol–water partition coefficient (Wildman–Crippen LogP) is 2.37. The van der Waals surface area contributed by atoms with E-state index in [1.165, 1.54) is 0 Å².